The SMILES string of the molecule is c1ccc(C2=C(c3ccccc3)C(c3ccccc3)=C(c3ccccc3)B2c2cccc(-n3cccn3)c2)cc1. The predicted molar refractivity (Wildman–Crippen MR) is 168 cm³/mol. The Morgan fingerprint density at radius 2 is 0.925 bits per heavy atom. The van der Waals surface area contributed by atoms with Crippen molar-refractivity contribution in [2.45, 2.75) is 0 Å². The summed E-state index contributed by atoms with van der Waals surface area (Å²) in [5.74, 6) is 0. The van der Waals surface area contributed by atoms with Gasteiger partial charge in [0.25, 0.3) is 0 Å². The van der Waals surface area contributed by atoms with E-state index in [-0.39, 0.29) is 6.71 Å². The van der Waals surface area contributed by atoms with Crippen LogP contribution in [0.1, 0.15) is 22.3 Å². The number of hydrogen-bond acceptors (Lipinski definition) is 1. The average Bonchev–Trinajstić information content (AvgIpc) is 3.70. The van der Waals surface area contributed by atoms with Gasteiger partial charge in [0, 0.05) is 12.4 Å². The third-order valence-corrected chi connectivity index (χ3v) is 7.63. The van der Waals surface area contributed by atoms with Gasteiger partial charge in [-0.05, 0) is 51.6 Å². The van der Waals surface area contributed by atoms with Crippen LogP contribution in [0.2, 0.25) is 0 Å². The van der Waals surface area contributed by atoms with Gasteiger partial charge in [0.2, 0.25) is 6.71 Å². The lowest BCUT2D eigenvalue weighted by Gasteiger charge is -2.19. The smallest absolute Gasteiger partial charge is 0.241 e. The molecule has 6 aromatic rings. The molecule has 0 unspecified atom stereocenters. The van der Waals surface area contributed by atoms with Crippen molar-refractivity contribution < 1.29 is 0 Å². The van der Waals surface area contributed by atoms with Gasteiger partial charge < -0.3 is 0 Å². The minimum absolute atomic E-state index is 0.0192. The lowest BCUT2D eigenvalue weighted by Crippen LogP contribution is -2.32. The van der Waals surface area contributed by atoms with Gasteiger partial charge in [0.05, 0.1) is 5.69 Å². The van der Waals surface area contributed by atoms with E-state index in [0.29, 0.717) is 0 Å². The first-order valence-corrected chi connectivity index (χ1v) is 13.7. The maximum atomic E-state index is 4.53. The Morgan fingerprint density at radius 1 is 0.450 bits per heavy atom. The van der Waals surface area contributed by atoms with E-state index in [9.17, 15) is 0 Å². The molecule has 0 spiro atoms. The van der Waals surface area contributed by atoms with Crippen LogP contribution in [0.5, 0.6) is 0 Å². The van der Waals surface area contributed by atoms with E-state index in [0.717, 1.165) is 5.69 Å². The fraction of sp³-hybridized carbons (Fsp3) is 0. The second-order valence-electron chi connectivity index (χ2n) is 10.0. The van der Waals surface area contributed by atoms with E-state index < -0.39 is 0 Å². The molecular formula is C37H27BN2. The predicted octanol–water partition coefficient (Wildman–Crippen LogP) is 7.89. The summed E-state index contributed by atoms with van der Waals surface area (Å²) in [4.78, 5) is 0. The van der Waals surface area contributed by atoms with Crippen molar-refractivity contribution in [3.63, 3.8) is 0 Å². The van der Waals surface area contributed by atoms with Crippen molar-refractivity contribution in [1.29, 1.82) is 0 Å². The lowest BCUT2D eigenvalue weighted by atomic mass is 9.35. The molecule has 40 heavy (non-hydrogen) atoms. The normalized spacial score (nSPS) is 13.2. The van der Waals surface area contributed by atoms with Gasteiger partial charge in [0.15, 0.2) is 0 Å². The van der Waals surface area contributed by atoms with Crippen molar-refractivity contribution in [1.82, 2.24) is 9.78 Å². The molecule has 5 aromatic carbocycles. The minimum Gasteiger partial charge on any atom is -0.241 e. The third-order valence-electron chi connectivity index (χ3n) is 7.63. The maximum absolute atomic E-state index is 4.53. The lowest BCUT2D eigenvalue weighted by molar-refractivity contribution is 0.881. The summed E-state index contributed by atoms with van der Waals surface area (Å²) in [5, 5.41) is 4.53. The number of hydrogen-bond donors (Lipinski definition) is 0. The molecule has 1 aliphatic rings. The van der Waals surface area contributed by atoms with Gasteiger partial charge in [-0.3, -0.25) is 0 Å². The Balaban J connectivity index is 1.60. The summed E-state index contributed by atoms with van der Waals surface area (Å²) in [7, 11) is 0. The molecule has 188 valence electrons. The van der Waals surface area contributed by atoms with Crippen LogP contribution in [0.4, 0.5) is 0 Å². The zero-order valence-electron chi connectivity index (χ0n) is 22.1. The molecular weight excluding hydrogens is 483 g/mol. The first-order valence-electron chi connectivity index (χ1n) is 13.7. The van der Waals surface area contributed by atoms with E-state index in [2.05, 4.69) is 151 Å². The van der Waals surface area contributed by atoms with Crippen LogP contribution in [-0.2, 0) is 0 Å². The van der Waals surface area contributed by atoms with Gasteiger partial charge >= 0.3 is 0 Å². The highest BCUT2D eigenvalue weighted by atomic mass is 15.3. The van der Waals surface area contributed by atoms with E-state index >= 15 is 0 Å². The van der Waals surface area contributed by atoms with Crippen LogP contribution in [0, 0.1) is 0 Å². The molecule has 3 heteroatoms. The molecule has 0 saturated carbocycles. The van der Waals surface area contributed by atoms with Crippen LogP contribution in [0.15, 0.2) is 164 Å². The summed E-state index contributed by atoms with van der Waals surface area (Å²) in [6, 6.07) is 54.3. The van der Waals surface area contributed by atoms with Gasteiger partial charge in [-0.1, -0.05) is 150 Å². The van der Waals surface area contributed by atoms with E-state index in [4.69, 9.17) is 0 Å². The Bertz CT molecular complexity index is 1710. The highest BCUT2D eigenvalue weighted by molar-refractivity contribution is 7.08. The maximum Gasteiger partial charge on any atom is 0.244 e. The van der Waals surface area contributed by atoms with Crippen molar-refractivity contribution in [3.8, 4) is 5.69 Å². The molecule has 0 bridgehead atoms. The van der Waals surface area contributed by atoms with Crippen LogP contribution in [-0.4, -0.2) is 16.5 Å². The number of rotatable bonds is 6. The number of aromatic nitrogens is 2. The van der Waals surface area contributed by atoms with Crippen molar-refractivity contribution in [2.75, 3.05) is 0 Å². The third kappa shape index (κ3) is 4.32. The molecule has 0 N–H and O–H groups in total. The van der Waals surface area contributed by atoms with Gasteiger partial charge in [0.1, 0.15) is 0 Å². The Labute approximate surface area is 235 Å². The summed E-state index contributed by atoms with van der Waals surface area (Å²) in [6.07, 6.45) is 3.83. The fourth-order valence-electron chi connectivity index (χ4n) is 5.97. The van der Waals surface area contributed by atoms with Crippen LogP contribution in [0.3, 0.4) is 0 Å². The molecule has 1 aliphatic heterocycles. The summed E-state index contributed by atoms with van der Waals surface area (Å²) in [6.45, 7) is 0.0192. The second kappa shape index (κ2) is 10.6. The van der Waals surface area contributed by atoms with E-state index in [1.165, 1.54) is 49.8 Å². The van der Waals surface area contributed by atoms with Gasteiger partial charge in [-0.2, -0.15) is 5.10 Å². The standard InChI is InChI=1S/C37H27BN2/c1-5-15-28(16-6-1)34-35(29-17-7-2-8-18-29)37(31-21-11-4-12-22-31)38(36(34)30-19-9-3-10-20-30)32-23-13-24-33(27-32)40-26-14-25-39-40/h1-27H. The largest absolute Gasteiger partial charge is 0.244 e. The Hall–Kier alpha value is -5.15. The van der Waals surface area contributed by atoms with Crippen LogP contribution < -0.4 is 5.46 Å². The van der Waals surface area contributed by atoms with Gasteiger partial charge in [-0.15, -0.1) is 0 Å². The number of nitrogens with zero attached hydrogens (tertiary/aromatic N) is 2. The second-order valence-corrected chi connectivity index (χ2v) is 10.0. The fourth-order valence-corrected chi connectivity index (χ4v) is 5.97. The Morgan fingerprint density at radius 3 is 1.38 bits per heavy atom. The first-order chi connectivity index (χ1) is 19.9. The van der Waals surface area contributed by atoms with E-state index in [1.807, 2.05) is 23.1 Å². The highest BCUT2D eigenvalue weighted by Crippen LogP contribution is 2.50. The molecule has 0 amide bonds. The molecule has 0 saturated heterocycles. The summed E-state index contributed by atoms with van der Waals surface area (Å²) >= 11 is 0. The van der Waals surface area contributed by atoms with Crippen LogP contribution >= 0.6 is 0 Å². The molecule has 0 aliphatic carbocycles. The topological polar surface area (TPSA) is 17.8 Å². The molecule has 0 atom stereocenters. The van der Waals surface area contributed by atoms with Crippen molar-refractivity contribution >= 4 is 34.3 Å². The van der Waals surface area contributed by atoms with Crippen molar-refractivity contribution in [2.24, 2.45) is 0 Å². The molecule has 7 rings (SSSR count). The highest BCUT2D eigenvalue weighted by Gasteiger charge is 2.40. The average molecular weight is 510 g/mol. The zero-order valence-corrected chi connectivity index (χ0v) is 22.1. The quantitative estimate of drug-likeness (QED) is 0.208. The summed E-state index contributed by atoms with van der Waals surface area (Å²) in [5.41, 5.74) is 12.4. The minimum atomic E-state index is 0.0192. The monoisotopic (exact) mass is 510 g/mol. The molecule has 0 radical (unpaired) electrons. The first kappa shape index (κ1) is 23.9. The molecule has 2 nitrogen and oxygen atoms in total. The number of benzene rings is 5. The van der Waals surface area contributed by atoms with E-state index in [1.54, 1.807) is 0 Å². The molecule has 1 aromatic heterocycles. The molecule has 0 fully saturated rings. The summed E-state index contributed by atoms with van der Waals surface area (Å²) < 4.78 is 1.94. The number of allylic oxidation sites excluding steroid dienone is 2. The Kier molecular flexibility index (Phi) is 6.31. The van der Waals surface area contributed by atoms with Crippen molar-refractivity contribution in [3.05, 3.63) is 186 Å². The molecule has 2 heterocycles. The zero-order chi connectivity index (χ0) is 26.7. The van der Waals surface area contributed by atoms with Gasteiger partial charge in [-0.25, -0.2) is 4.68 Å². The van der Waals surface area contributed by atoms with Crippen LogP contribution in [0.25, 0.3) is 27.8 Å².